The molecule has 6 atom stereocenters. The highest BCUT2D eigenvalue weighted by molar-refractivity contribution is 6.09. The number of rotatable bonds is 19. The van der Waals surface area contributed by atoms with E-state index in [0.29, 0.717) is 34.8 Å². The highest BCUT2D eigenvalue weighted by atomic mass is 19.4. The van der Waals surface area contributed by atoms with Crippen molar-refractivity contribution < 1.29 is 60.4 Å². The highest BCUT2D eigenvalue weighted by Crippen LogP contribution is 2.41. The molecule has 4 heterocycles. The van der Waals surface area contributed by atoms with E-state index in [1.54, 1.807) is 54.7 Å². The number of methoxy groups -OCH3 is 2. The van der Waals surface area contributed by atoms with Crippen molar-refractivity contribution in [3.63, 3.8) is 0 Å². The minimum atomic E-state index is -4.91. The highest BCUT2D eigenvalue weighted by Gasteiger charge is 2.56. The number of nitrogens with zero attached hydrogens (tertiary/aromatic N) is 4. The summed E-state index contributed by atoms with van der Waals surface area (Å²) < 4.78 is 82.2. The second-order valence-electron chi connectivity index (χ2n) is 20.6. The fourth-order valence-electron chi connectivity index (χ4n) is 9.10. The van der Waals surface area contributed by atoms with Gasteiger partial charge in [0.15, 0.2) is 0 Å². The number of carbonyl (C=O) groups excluding carboxylic acids is 4. The monoisotopic (exact) mass is 1070 g/mol. The van der Waals surface area contributed by atoms with Crippen LogP contribution in [0.2, 0.25) is 0 Å². The van der Waals surface area contributed by atoms with Gasteiger partial charge in [-0.3, -0.25) is 19.3 Å². The predicted octanol–water partition coefficient (Wildman–Crippen LogP) is 5.31. The third kappa shape index (κ3) is 16.7. The number of ether oxygens (including phenoxy) is 3. The predicted molar refractivity (Wildman–Crippen MR) is 277 cm³/mol. The number of carbonyl (C=O) groups is 4. The topological polar surface area (TPSA) is 236 Å². The summed E-state index contributed by atoms with van der Waals surface area (Å²) >= 11 is 0. The maximum atomic E-state index is 14.2. The summed E-state index contributed by atoms with van der Waals surface area (Å²) in [5, 5.41) is 19.1. The number of aliphatic hydroxyl groups excluding tert-OH is 1. The number of allylic oxidation sites excluding steroid dienone is 1. The summed E-state index contributed by atoms with van der Waals surface area (Å²) in [4.78, 5) is 60.5. The van der Waals surface area contributed by atoms with Gasteiger partial charge in [0.05, 0.1) is 63.4 Å². The van der Waals surface area contributed by atoms with Gasteiger partial charge in [-0.25, -0.2) is 14.8 Å². The molecule has 0 spiro atoms. The first kappa shape index (κ1) is 60.2. The number of nitrogens with two attached hydrogens (primary N) is 2. The molecular weight excluding hydrogens is 998 g/mol. The summed E-state index contributed by atoms with van der Waals surface area (Å²) in [5.41, 5.74) is 11.3. The Hall–Kier alpha value is -6.67. The van der Waals surface area contributed by atoms with E-state index < -0.39 is 66.1 Å². The van der Waals surface area contributed by atoms with Gasteiger partial charge in [-0.2, -0.15) is 22.0 Å². The first-order chi connectivity index (χ1) is 35.8. The molecule has 17 nitrogen and oxygen atoms in total. The maximum absolute atomic E-state index is 14.2. The Morgan fingerprint density at radius 2 is 1.49 bits per heavy atom. The first-order valence-corrected chi connectivity index (χ1v) is 24.8. The zero-order valence-corrected chi connectivity index (χ0v) is 43.8. The number of benzene rings is 2. The van der Waals surface area contributed by atoms with Crippen molar-refractivity contribution in [1.29, 1.82) is 0 Å². The summed E-state index contributed by atoms with van der Waals surface area (Å²) in [6.07, 6.45) is -1.18. The van der Waals surface area contributed by atoms with Gasteiger partial charge in [-0.1, -0.05) is 69.0 Å². The number of fused-ring (bicyclic) bond motifs is 2. The molecule has 3 fully saturated rings. The molecule has 3 amide bonds. The molecule has 22 heteroatoms. The Morgan fingerprint density at radius 1 is 0.882 bits per heavy atom. The van der Waals surface area contributed by atoms with E-state index in [0.717, 1.165) is 76.6 Å². The van der Waals surface area contributed by atoms with Gasteiger partial charge < -0.3 is 51.6 Å². The van der Waals surface area contributed by atoms with Gasteiger partial charge in [-0.15, -0.1) is 0 Å². The van der Waals surface area contributed by atoms with Crippen LogP contribution in [-0.4, -0.2) is 141 Å². The lowest BCUT2D eigenvalue weighted by molar-refractivity contribution is -0.220. The van der Waals surface area contributed by atoms with Crippen molar-refractivity contribution in [2.24, 2.45) is 33.2 Å². The lowest BCUT2D eigenvalue weighted by Gasteiger charge is -2.47. The molecule has 3 saturated heterocycles. The number of alkyl halides is 5. The van der Waals surface area contributed by atoms with Crippen molar-refractivity contribution in [2.75, 3.05) is 52.0 Å². The molecule has 0 aliphatic carbocycles. The van der Waals surface area contributed by atoms with Crippen LogP contribution in [0.15, 0.2) is 78.1 Å². The van der Waals surface area contributed by atoms with Crippen LogP contribution in [-0.2, 0) is 41.6 Å². The zero-order valence-electron chi connectivity index (χ0n) is 43.8. The number of halogens is 5. The van der Waals surface area contributed by atoms with Gasteiger partial charge in [0.25, 0.3) is 0 Å². The molecule has 6 rings (SSSR count). The number of pyridine rings is 1. The van der Waals surface area contributed by atoms with Crippen LogP contribution in [0.1, 0.15) is 81.7 Å². The molecule has 3 aliphatic heterocycles. The second-order valence-corrected chi connectivity index (χ2v) is 20.6. The van der Waals surface area contributed by atoms with E-state index in [4.69, 9.17) is 21.2 Å². The van der Waals surface area contributed by atoms with E-state index in [2.05, 4.69) is 46.7 Å². The number of aromatic nitrogens is 1. The lowest BCUT2D eigenvalue weighted by Crippen LogP contribution is -2.62. The number of aliphatic imine (C=N–C) groups is 1. The Balaban J connectivity index is 0.000000723. The Kier molecular flexibility index (Phi) is 21.3. The SMILES string of the molecule is COC(=O)C[C@H](C(N)=O)C(C)(C)C.COC(=O)N[C@H](C(=O)N[C@@H](Cc1ccc(C#Cc2ccc(N3CC4CCC(C3)N4C3COC3)nc2)cc1)[C@@H](O)CNCc1ccc(C(C=NC(F)F)=CN)cc1)C(C)(C)C(F)(F)F. The van der Waals surface area contributed by atoms with E-state index >= 15 is 0 Å². The molecule has 2 bridgehead atoms. The van der Waals surface area contributed by atoms with Crippen LogP contribution in [0, 0.1) is 28.6 Å². The second kappa shape index (κ2) is 26.9. The molecular formula is C54H70F5N9O8. The number of hydrogen-bond acceptors (Lipinski definition) is 14. The number of anilines is 1. The van der Waals surface area contributed by atoms with Gasteiger partial charge in [0.1, 0.15) is 11.9 Å². The molecule has 76 heavy (non-hydrogen) atoms. The number of aliphatic hydroxyl groups is 1. The molecule has 0 saturated carbocycles. The third-order valence-electron chi connectivity index (χ3n) is 13.8. The van der Waals surface area contributed by atoms with E-state index in [-0.39, 0.29) is 36.9 Å². The number of piperazine rings is 1. The van der Waals surface area contributed by atoms with Crippen molar-refractivity contribution >= 4 is 41.5 Å². The van der Waals surface area contributed by atoms with Crippen molar-refractivity contribution in [2.45, 2.75) is 116 Å². The van der Waals surface area contributed by atoms with Gasteiger partial charge >= 0.3 is 24.8 Å². The Labute approximate surface area is 440 Å². The number of alkyl carbamates (subject to hydrolysis) is 1. The van der Waals surface area contributed by atoms with Crippen molar-refractivity contribution in [1.82, 2.24) is 25.8 Å². The van der Waals surface area contributed by atoms with Crippen LogP contribution in [0.5, 0.6) is 0 Å². The molecule has 0 radical (unpaired) electrons. The Bertz CT molecular complexity index is 2530. The fraction of sp³-hybridized carbons (Fsp3) is 0.519. The largest absolute Gasteiger partial charge is 0.469 e. The molecule has 414 valence electrons. The standard InChI is InChI=1S/C45H53F5N8O5.C9H17NO3/c1-44(2,45(48,49)50)40(56-43(61)62-3)41(60)55-37(38(59)23-52-20-30-10-13-32(14-11-30)33(19-51)22-54-42(46)47)18-29-7-4-28(5-8-29)6-9-31-12-17-39(53-21-31)57-24-34-15-16-35(25-57)58(34)36-26-63-27-36;1-9(2,3)6(8(10)12)5-7(11)13-4/h4-5,7-8,10-14,17,19,21-22,34-38,40,42,52,59H,15-16,18,20,23-27,51H2,1-3H3,(H,55,60)(H,56,61);6H,5H2,1-4H3,(H2,10,12)/t34?,35?,37-,38-,40+;6-/m01/s1. The summed E-state index contributed by atoms with van der Waals surface area (Å²) in [7, 11) is 2.26. The summed E-state index contributed by atoms with van der Waals surface area (Å²) in [6, 6.07) is 16.0. The van der Waals surface area contributed by atoms with Crippen LogP contribution in [0.3, 0.4) is 0 Å². The molecule has 3 aliphatic rings. The number of amides is 3. The quantitative estimate of drug-likeness (QED) is 0.0294. The lowest BCUT2D eigenvalue weighted by atomic mass is 9.78. The number of primary amides is 1. The number of nitrogens with one attached hydrogen (secondary N) is 3. The van der Waals surface area contributed by atoms with Gasteiger partial charge in [-0.05, 0) is 79.5 Å². The van der Waals surface area contributed by atoms with Crippen LogP contribution >= 0.6 is 0 Å². The smallest absolute Gasteiger partial charge is 0.407 e. The van der Waals surface area contributed by atoms with E-state index in [1.165, 1.54) is 20.0 Å². The van der Waals surface area contributed by atoms with E-state index in [1.807, 2.05) is 38.2 Å². The molecule has 3 aromatic rings. The molecule has 2 unspecified atom stereocenters. The molecule has 2 aromatic carbocycles. The summed E-state index contributed by atoms with van der Waals surface area (Å²) in [6.45, 7) is 7.89. The normalized spacial score (nSPS) is 18.8. The first-order valence-electron chi connectivity index (χ1n) is 24.8. The maximum Gasteiger partial charge on any atom is 0.407 e. The van der Waals surface area contributed by atoms with Crippen molar-refractivity contribution in [3.8, 4) is 11.8 Å². The number of hydrogen-bond donors (Lipinski definition) is 6. The van der Waals surface area contributed by atoms with E-state index in [9.17, 15) is 46.2 Å². The van der Waals surface area contributed by atoms with Crippen molar-refractivity contribution in [3.05, 3.63) is 101 Å². The molecule has 8 N–H and O–H groups in total. The van der Waals surface area contributed by atoms with Crippen LogP contribution < -0.4 is 32.3 Å². The number of esters is 1. The summed E-state index contributed by atoms with van der Waals surface area (Å²) in [5.74, 6) is 4.68. The van der Waals surface area contributed by atoms with Crippen LogP contribution in [0.25, 0.3) is 5.57 Å². The van der Waals surface area contributed by atoms with Crippen LogP contribution in [0.4, 0.5) is 32.6 Å². The average molecular weight is 1070 g/mol. The minimum absolute atomic E-state index is 0.00144. The van der Waals surface area contributed by atoms with Gasteiger partial charge in [0.2, 0.25) is 11.8 Å². The average Bonchev–Trinajstić information content (AvgIpc) is 3.59. The fourth-order valence-corrected chi connectivity index (χ4v) is 9.10. The minimum Gasteiger partial charge on any atom is -0.469 e. The zero-order chi connectivity index (χ0) is 56.0. The van der Waals surface area contributed by atoms with Gasteiger partial charge in [0, 0.05) is 73.6 Å². The molecule has 1 aromatic heterocycles. The third-order valence-corrected chi connectivity index (χ3v) is 13.8. The Morgan fingerprint density at radius 3 is 1.99 bits per heavy atom.